The highest BCUT2D eigenvalue weighted by Gasteiger charge is 2.33. The maximum atomic E-state index is 12.1. The Balaban J connectivity index is 2.34. The Labute approximate surface area is 119 Å². The van der Waals surface area contributed by atoms with Crippen LogP contribution in [0.3, 0.4) is 0 Å². The second kappa shape index (κ2) is 6.11. The quantitative estimate of drug-likeness (QED) is 0.860. The van der Waals surface area contributed by atoms with Crippen molar-refractivity contribution in [1.29, 1.82) is 0 Å². The third kappa shape index (κ3) is 3.13. The van der Waals surface area contributed by atoms with Crippen molar-refractivity contribution in [1.82, 2.24) is 0 Å². The number of sulfone groups is 1. The molecule has 0 atom stereocenters. The lowest BCUT2D eigenvalue weighted by atomic mass is 9.90. The minimum absolute atomic E-state index is 0.0448. The molecule has 20 heavy (non-hydrogen) atoms. The average Bonchev–Trinajstić information content (AvgIpc) is 2.48. The zero-order valence-corrected chi connectivity index (χ0v) is 12.4. The number of aliphatic hydroxyl groups is 1. The zero-order chi connectivity index (χ0) is 14.6. The highest BCUT2D eigenvalue weighted by atomic mass is 32.2. The van der Waals surface area contributed by atoms with Gasteiger partial charge in [-0.3, -0.25) is 0 Å². The number of hydrogen-bond acceptors (Lipinski definition) is 5. The summed E-state index contributed by atoms with van der Waals surface area (Å²) in [7, 11) is -3.29. The number of para-hydroxylation sites is 1. The van der Waals surface area contributed by atoms with E-state index in [1.807, 2.05) is 0 Å². The van der Waals surface area contributed by atoms with Crippen LogP contribution in [0.2, 0.25) is 0 Å². The molecule has 0 aliphatic carbocycles. The molecule has 5 nitrogen and oxygen atoms in total. The lowest BCUT2D eigenvalue weighted by Gasteiger charge is -2.37. The van der Waals surface area contributed by atoms with Gasteiger partial charge in [-0.1, -0.05) is 19.1 Å². The summed E-state index contributed by atoms with van der Waals surface area (Å²) in [6.45, 7) is 2.71. The van der Waals surface area contributed by atoms with Crippen molar-refractivity contribution in [3.8, 4) is 0 Å². The molecule has 1 heterocycles. The Morgan fingerprint density at radius 3 is 2.55 bits per heavy atom. The van der Waals surface area contributed by atoms with Crippen molar-refractivity contribution in [3.63, 3.8) is 0 Å². The summed E-state index contributed by atoms with van der Waals surface area (Å²) in [6, 6.07) is 6.85. The molecule has 0 saturated carbocycles. The van der Waals surface area contributed by atoms with E-state index in [4.69, 9.17) is 4.74 Å². The fourth-order valence-corrected chi connectivity index (χ4v) is 3.42. The summed E-state index contributed by atoms with van der Waals surface area (Å²) in [5.41, 5.74) is 0.0581. The molecule has 0 spiro atoms. The molecule has 0 aromatic heterocycles. The van der Waals surface area contributed by atoms with Crippen LogP contribution < -0.4 is 5.32 Å². The fraction of sp³-hybridized carbons (Fsp3) is 0.571. The third-order valence-corrected chi connectivity index (χ3v) is 5.54. The van der Waals surface area contributed by atoms with Crippen LogP contribution in [0.25, 0.3) is 0 Å². The first-order valence-corrected chi connectivity index (χ1v) is 8.47. The minimum atomic E-state index is -3.29. The average molecular weight is 299 g/mol. The first kappa shape index (κ1) is 15.3. The molecule has 0 radical (unpaired) electrons. The van der Waals surface area contributed by atoms with Crippen molar-refractivity contribution < 1.29 is 18.3 Å². The summed E-state index contributed by atoms with van der Waals surface area (Å²) in [5.74, 6) is 0.0565. The minimum Gasteiger partial charge on any atom is -0.394 e. The number of rotatable bonds is 5. The summed E-state index contributed by atoms with van der Waals surface area (Å²) >= 11 is 0. The van der Waals surface area contributed by atoms with Crippen molar-refractivity contribution in [2.45, 2.75) is 30.2 Å². The number of nitrogens with one attached hydrogen (secondary N) is 1. The maximum Gasteiger partial charge on any atom is 0.180 e. The normalized spacial score (nSPS) is 18.7. The molecule has 6 heteroatoms. The molecule has 0 amide bonds. The van der Waals surface area contributed by atoms with Crippen LogP contribution >= 0.6 is 0 Å². The third-order valence-electron chi connectivity index (χ3n) is 3.75. The molecule has 1 aromatic rings. The van der Waals surface area contributed by atoms with E-state index in [0.29, 0.717) is 36.6 Å². The Kier molecular flexibility index (Phi) is 4.67. The lowest BCUT2D eigenvalue weighted by Crippen LogP contribution is -2.47. The van der Waals surface area contributed by atoms with Crippen molar-refractivity contribution in [3.05, 3.63) is 24.3 Å². The molecule has 1 aliphatic heterocycles. The van der Waals surface area contributed by atoms with Crippen LogP contribution in [0.4, 0.5) is 5.69 Å². The molecule has 112 valence electrons. The number of benzene rings is 1. The molecular weight excluding hydrogens is 278 g/mol. The van der Waals surface area contributed by atoms with Crippen LogP contribution in [0.5, 0.6) is 0 Å². The van der Waals surface area contributed by atoms with Gasteiger partial charge >= 0.3 is 0 Å². The topological polar surface area (TPSA) is 75.6 Å². The van der Waals surface area contributed by atoms with Crippen LogP contribution in [-0.2, 0) is 14.6 Å². The smallest absolute Gasteiger partial charge is 0.180 e. The van der Waals surface area contributed by atoms with Gasteiger partial charge in [0.2, 0.25) is 0 Å². The molecule has 1 saturated heterocycles. The van der Waals surface area contributed by atoms with Gasteiger partial charge in [0.1, 0.15) is 0 Å². The van der Waals surface area contributed by atoms with Gasteiger partial charge < -0.3 is 15.2 Å². The van der Waals surface area contributed by atoms with Gasteiger partial charge in [0, 0.05) is 13.2 Å². The number of hydrogen-bond donors (Lipinski definition) is 2. The van der Waals surface area contributed by atoms with Gasteiger partial charge in [0.15, 0.2) is 9.84 Å². The SMILES string of the molecule is CCS(=O)(=O)c1ccccc1NC1(CO)CCOCC1. The van der Waals surface area contributed by atoms with Gasteiger partial charge in [0.05, 0.1) is 28.5 Å². The highest BCUT2D eigenvalue weighted by Crippen LogP contribution is 2.30. The summed E-state index contributed by atoms with van der Waals surface area (Å²) in [5, 5.41) is 12.9. The Bertz CT molecular complexity index is 550. The first-order chi connectivity index (χ1) is 9.53. The fourth-order valence-electron chi connectivity index (χ4n) is 2.37. The zero-order valence-electron chi connectivity index (χ0n) is 11.6. The monoisotopic (exact) mass is 299 g/mol. The largest absolute Gasteiger partial charge is 0.394 e. The van der Waals surface area contributed by atoms with Gasteiger partial charge in [-0.05, 0) is 25.0 Å². The van der Waals surface area contributed by atoms with Crippen LogP contribution in [0.15, 0.2) is 29.2 Å². The Morgan fingerprint density at radius 1 is 1.30 bits per heavy atom. The summed E-state index contributed by atoms with van der Waals surface area (Å²) in [4.78, 5) is 0.293. The van der Waals surface area contributed by atoms with E-state index in [-0.39, 0.29) is 12.4 Å². The van der Waals surface area contributed by atoms with Crippen molar-refractivity contribution in [2.75, 3.05) is 30.9 Å². The van der Waals surface area contributed by atoms with Crippen LogP contribution in [0.1, 0.15) is 19.8 Å². The van der Waals surface area contributed by atoms with Crippen LogP contribution in [0, 0.1) is 0 Å². The summed E-state index contributed by atoms with van der Waals surface area (Å²) < 4.78 is 29.6. The van der Waals surface area contributed by atoms with Gasteiger partial charge in [0.25, 0.3) is 0 Å². The van der Waals surface area contributed by atoms with Crippen molar-refractivity contribution >= 4 is 15.5 Å². The van der Waals surface area contributed by atoms with Gasteiger partial charge in [-0.15, -0.1) is 0 Å². The maximum absolute atomic E-state index is 12.1. The van der Waals surface area contributed by atoms with E-state index in [9.17, 15) is 13.5 Å². The van der Waals surface area contributed by atoms with Crippen molar-refractivity contribution in [2.24, 2.45) is 0 Å². The second-order valence-corrected chi connectivity index (χ2v) is 7.32. The predicted octanol–water partition coefficient (Wildman–Crippen LogP) is 1.43. The second-order valence-electron chi connectivity index (χ2n) is 5.08. The molecule has 2 N–H and O–H groups in total. The molecule has 1 fully saturated rings. The van der Waals surface area contributed by atoms with Crippen LogP contribution in [-0.4, -0.2) is 44.6 Å². The predicted molar refractivity (Wildman–Crippen MR) is 77.7 cm³/mol. The Hall–Kier alpha value is -1.11. The van der Waals surface area contributed by atoms with E-state index >= 15 is 0 Å². The van der Waals surface area contributed by atoms with Gasteiger partial charge in [-0.2, -0.15) is 0 Å². The molecule has 1 aliphatic rings. The summed E-state index contributed by atoms with van der Waals surface area (Å²) in [6.07, 6.45) is 1.31. The van der Waals surface area contributed by atoms with Gasteiger partial charge in [-0.25, -0.2) is 8.42 Å². The van der Waals surface area contributed by atoms with E-state index < -0.39 is 15.4 Å². The number of anilines is 1. The molecule has 0 unspecified atom stereocenters. The molecule has 2 rings (SSSR count). The lowest BCUT2D eigenvalue weighted by molar-refractivity contribution is 0.0379. The standard InChI is InChI=1S/C14H21NO4S/c1-2-20(17,18)13-6-4-3-5-12(13)15-14(11-16)7-9-19-10-8-14/h3-6,15-16H,2,7-11H2,1H3. The molecule has 0 bridgehead atoms. The van der Waals surface area contributed by atoms with E-state index in [0.717, 1.165) is 0 Å². The van der Waals surface area contributed by atoms with E-state index in [1.165, 1.54) is 0 Å². The highest BCUT2D eigenvalue weighted by molar-refractivity contribution is 7.91. The Morgan fingerprint density at radius 2 is 1.95 bits per heavy atom. The number of aliphatic hydroxyl groups excluding tert-OH is 1. The molecular formula is C14H21NO4S. The van der Waals surface area contributed by atoms with E-state index in [1.54, 1.807) is 31.2 Å². The number of ether oxygens (including phenoxy) is 1. The molecule has 1 aromatic carbocycles. The van der Waals surface area contributed by atoms with E-state index in [2.05, 4.69) is 5.32 Å². The first-order valence-electron chi connectivity index (χ1n) is 6.81.